The van der Waals surface area contributed by atoms with Crippen LogP contribution >= 0.6 is 11.6 Å². The van der Waals surface area contributed by atoms with Crippen molar-refractivity contribution >= 4 is 29.1 Å². The van der Waals surface area contributed by atoms with Gasteiger partial charge in [0.05, 0.1) is 5.69 Å². The summed E-state index contributed by atoms with van der Waals surface area (Å²) in [5.74, 6) is 0.706. The maximum Gasteiger partial charge on any atom is 0.222 e. The van der Waals surface area contributed by atoms with Gasteiger partial charge in [0, 0.05) is 29.4 Å². The number of fused-ring (bicyclic) bond motifs is 1. The zero-order valence-electron chi connectivity index (χ0n) is 15.2. The lowest BCUT2D eigenvalue weighted by Gasteiger charge is -2.22. The molecule has 0 bridgehead atoms. The molecule has 5 nitrogen and oxygen atoms in total. The monoisotopic (exact) mass is 379 g/mol. The van der Waals surface area contributed by atoms with Crippen LogP contribution in [-0.2, 0) is 19.4 Å². The molecule has 0 fully saturated rings. The van der Waals surface area contributed by atoms with Gasteiger partial charge in [-0.05, 0) is 47.7 Å². The summed E-state index contributed by atoms with van der Waals surface area (Å²) in [6.45, 7) is 3.67. The van der Waals surface area contributed by atoms with E-state index in [9.17, 15) is 0 Å². The first-order valence-electron chi connectivity index (χ1n) is 9.10. The maximum atomic E-state index is 6.20. The summed E-state index contributed by atoms with van der Waals surface area (Å²) in [5.41, 5.74) is 18.7. The fourth-order valence-corrected chi connectivity index (χ4v) is 4.01. The molecule has 3 aromatic rings. The Hall–Kier alpha value is -2.79. The van der Waals surface area contributed by atoms with Crippen LogP contribution in [-0.4, -0.2) is 16.5 Å². The zero-order valence-corrected chi connectivity index (χ0v) is 16.0. The standard InChI is InChI=1S/C21H22ClN5/c1-2-18-17(20(23)26-21(24)25-18)12-27-10-9-16-15(7-4-8-19(16)27)13-5-3-6-14(22)11-13/h3-8,11H,2,9-10,12H2,1H3,(H4,23,24,25,26). The summed E-state index contributed by atoms with van der Waals surface area (Å²) in [6.07, 6.45) is 1.75. The van der Waals surface area contributed by atoms with Crippen LogP contribution in [0.3, 0.4) is 0 Å². The molecule has 4 N–H and O–H groups in total. The number of anilines is 3. The predicted octanol–water partition coefficient (Wildman–Crippen LogP) is 4.09. The first-order chi connectivity index (χ1) is 13.1. The lowest BCUT2D eigenvalue weighted by molar-refractivity contribution is 0.812. The molecule has 0 aliphatic carbocycles. The van der Waals surface area contributed by atoms with Gasteiger partial charge in [-0.3, -0.25) is 0 Å². The zero-order chi connectivity index (χ0) is 19.0. The summed E-state index contributed by atoms with van der Waals surface area (Å²) in [6, 6.07) is 14.4. The van der Waals surface area contributed by atoms with Crippen molar-refractivity contribution in [2.45, 2.75) is 26.3 Å². The van der Waals surface area contributed by atoms with Gasteiger partial charge in [0.1, 0.15) is 5.82 Å². The third kappa shape index (κ3) is 3.30. The van der Waals surface area contributed by atoms with E-state index in [0.717, 1.165) is 41.2 Å². The van der Waals surface area contributed by atoms with Gasteiger partial charge in [-0.2, -0.15) is 4.98 Å². The Balaban J connectivity index is 1.71. The van der Waals surface area contributed by atoms with E-state index < -0.39 is 0 Å². The predicted molar refractivity (Wildman–Crippen MR) is 112 cm³/mol. The van der Waals surface area contributed by atoms with Gasteiger partial charge in [0.2, 0.25) is 5.95 Å². The smallest absolute Gasteiger partial charge is 0.222 e. The highest BCUT2D eigenvalue weighted by Gasteiger charge is 2.24. The molecule has 0 radical (unpaired) electrons. The van der Waals surface area contributed by atoms with E-state index in [1.54, 1.807) is 0 Å². The molecule has 0 atom stereocenters. The Morgan fingerprint density at radius 1 is 1.11 bits per heavy atom. The van der Waals surface area contributed by atoms with Gasteiger partial charge in [-0.15, -0.1) is 0 Å². The summed E-state index contributed by atoms with van der Waals surface area (Å²) in [7, 11) is 0. The van der Waals surface area contributed by atoms with E-state index in [-0.39, 0.29) is 5.95 Å². The second kappa shape index (κ2) is 7.08. The molecule has 2 heterocycles. The topological polar surface area (TPSA) is 81.1 Å². The normalized spacial score (nSPS) is 13.0. The minimum Gasteiger partial charge on any atom is -0.383 e. The average Bonchev–Trinajstić information content (AvgIpc) is 3.06. The number of aromatic nitrogens is 2. The van der Waals surface area contributed by atoms with Crippen LogP contribution in [0, 0.1) is 0 Å². The van der Waals surface area contributed by atoms with Crippen LogP contribution in [0.15, 0.2) is 42.5 Å². The van der Waals surface area contributed by atoms with Crippen LogP contribution < -0.4 is 16.4 Å². The summed E-state index contributed by atoms with van der Waals surface area (Å²) in [4.78, 5) is 10.9. The van der Waals surface area contributed by atoms with Crippen molar-refractivity contribution < 1.29 is 0 Å². The van der Waals surface area contributed by atoms with Gasteiger partial charge in [0.15, 0.2) is 0 Å². The molecule has 138 valence electrons. The number of nitrogens with zero attached hydrogens (tertiary/aromatic N) is 3. The summed E-state index contributed by atoms with van der Waals surface area (Å²) >= 11 is 6.20. The SMILES string of the molecule is CCc1nc(N)nc(N)c1CN1CCc2c(-c3cccc(Cl)c3)cccc21. The number of rotatable bonds is 4. The minimum atomic E-state index is 0.234. The Labute approximate surface area is 164 Å². The second-order valence-corrected chi connectivity index (χ2v) is 7.17. The Bertz CT molecular complexity index is 1000. The molecule has 0 spiro atoms. The van der Waals surface area contributed by atoms with Crippen molar-refractivity contribution in [1.82, 2.24) is 9.97 Å². The maximum absolute atomic E-state index is 6.20. The Kier molecular flexibility index (Phi) is 4.62. The van der Waals surface area contributed by atoms with Crippen LogP contribution in [0.5, 0.6) is 0 Å². The lowest BCUT2D eigenvalue weighted by Crippen LogP contribution is -2.22. The molecule has 1 aliphatic rings. The van der Waals surface area contributed by atoms with E-state index in [2.05, 4.69) is 46.1 Å². The largest absolute Gasteiger partial charge is 0.383 e. The lowest BCUT2D eigenvalue weighted by atomic mass is 9.98. The van der Waals surface area contributed by atoms with Gasteiger partial charge in [-0.25, -0.2) is 4.98 Å². The van der Waals surface area contributed by atoms with Gasteiger partial charge < -0.3 is 16.4 Å². The average molecular weight is 380 g/mol. The first-order valence-corrected chi connectivity index (χ1v) is 9.48. The first kappa shape index (κ1) is 17.6. The number of hydrogen-bond donors (Lipinski definition) is 2. The number of benzene rings is 2. The molecule has 1 aliphatic heterocycles. The Morgan fingerprint density at radius 3 is 2.70 bits per heavy atom. The van der Waals surface area contributed by atoms with E-state index in [4.69, 9.17) is 23.1 Å². The molecule has 0 amide bonds. The van der Waals surface area contributed by atoms with Crippen LogP contribution in [0.4, 0.5) is 17.5 Å². The molecule has 27 heavy (non-hydrogen) atoms. The molecule has 0 saturated heterocycles. The molecule has 1 aromatic heterocycles. The molecule has 6 heteroatoms. The van der Waals surface area contributed by atoms with Gasteiger partial charge in [-0.1, -0.05) is 42.8 Å². The third-order valence-corrected chi connectivity index (χ3v) is 5.32. The van der Waals surface area contributed by atoms with Crippen LogP contribution in [0.25, 0.3) is 11.1 Å². The molecule has 0 saturated carbocycles. The van der Waals surface area contributed by atoms with Gasteiger partial charge in [0.25, 0.3) is 0 Å². The molecule has 4 rings (SSSR count). The molecular weight excluding hydrogens is 358 g/mol. The van der Waals surface area contributed by atoms with Gasteiger partial charge >= 0.3 is 0 Å². The van der Waals surface area contributed by atoms with E-state index in [1.807, 2.05) is 18.2 Å². The van der Waals surface area contributed by atoms with Crippen molar-refractivity contribution in [3.8, 4) is 11.1 Å². The third-order valence-electron chi connectivity index (χ3n) is 5.09. The number of nitrogen functional groups attached to an aromatic ring is 2. The molecular formula is C21H22ClN5. The molecule has 2 aromatic carbocycles. The quantitative estimate of drug-likeness (QED) is 0.713. The van der Waals surface area contributed by atoms with E-state index >= 15 is 0 Å². The number of nitrogens with two attached hydrogens (primary N) is 2. The summed E-state index contributed by atoms with van der Waals surface area (Å²) < 4.78 is 0. The minimum absolute atomic E-state index is 0.234. The Morgan fingerprint density at radius 2 is 1.93 bits per heavy atom. The van der Waals surface area contributed by atoms with Crippen molar-refractivity contribution in [2.75, 3.05) is 22.9 Å². The fraction of sp³-hybridized carbons (Fsp3) is 0.238. The van der Waals surface area contributed by atoms with Crippen molar-refractivity contribution in [3.63, 3.8) is 0 Å². The highest BCUT2D eigenvalue weighted by atomic mass is 35.5. The van der Waals surface area contributed by atoms with Crippen molar-refractivity contribution in [2.24, 2.45) is 0 Å². The van der Waals surface area contributed by atoms with E-state index in [0.29, 0.717) is 12.4 Å². The number of aryl methyl sites for hydroxylation is 1. The van der Waals surface area contributed by atoms with Crippen LogP contribution in [0.1, 0.15) is 23.7 Å². The number of hydrogen-bond acceptors (Lipinski definition) is 5. The van der Waals surface area contributed by atoms with Crippen molar-refractivity contribution in [3.05, 3.63) is 64.3 Å². The molecule has 0 unspecified atom stereocenters. The van der Waals surface area contributed by atoms with E-state index in [1.165, 1.54) is 16.8 Å². The van der Waals surface area contributed by atoms with Crippen LogP contribution in [0.2, 0.25) is 5.02 Å². The highest BCUT2D eigenvalue weighted by Crippen LogP contribution is 2.38. The summed E-state index contributed by atoms with van der Waals surface area (Å²) in [5, 5.41) is 0.749. The fourth-order valence-electron chi connectivity index (χ4n) is 3.82. The van der Waals surface area contributed by atoms with Crippen molar-refractivity contribution in [1.29, 1.82) is 0 Å². The highest BCUT2D eigenvalue weighted by molar-refractivity contribution is 6.30. The second-order valence-electron chi connectivity index (χ2n) is 6.73. The number of halogens is 1.